The first kappa shape index (κ1) is 19.6. The summed E-state index contributed by atoms with van der Waals surface area (Å²) in [6.45, 7) is -0.987. The van der Waals surface area contributed by atoms with Crippen LogP contribution in [0.3, 0.4) is 0 Å². The third-order valence-electron chi connectivity index (χ3n) is 2.53. The summed E-state index contributed by atoms with van der Waals surface area (Å²) < 4.78 is 0. The average molecular weight is 318 g/mol. The van der Waals surface area contributed by atoms with Gasteiger partial charge in [0.15, 0.2) is 5.96 Å². The molecule has 11 heteroatoms. The molecule has 0 fully saturated rings. The molecule has 0 aromatic heterocycles. The van der Waals surface area contributed by atoms with E-state index in [0.29, 0.717) is 13.0 Å². The number of rotatable bonds is 10. The van der Waals surface area contributed by atoms with Crippen molar-refractivity contribution in [3.63, 3.8) is 0 Å². The molecule has 0 aliphatic rings. The maximum atomic E-state index is 11.8. The van der Waals surface area contributed by atoms with Crippen LogP contribution >= 0.6 is 0 Å². The maximum absolute atomic E-state index is 11.8. The number of aliphatic hydroxyl groups excluding tert-OH is 1. The summed E-state index contributed by atoms with van der Waals surface area (Å²) in [5.74, 6) is -2.76. The number of aliphatic imine (C=N–C) groups is 1. The van der Waals surface area contributed by atoms with Crippen molar-refractivity contribution in [3.8, 4) is 0 Å². The SMILES string of the molecule is NC(N)=NCCCC(N)C(=O)NC(CO)C(=O)NCC(=O)O. The third-order valence-corrected chi connectivity index (χ3v) is 2.53. The molecule has 126 valence electrons. The van der Waals surface area contributed by atoms with Crippen LogP contribution in [0.25, 0.3) is 0 Å². The van der Waals surface area contributed by atoms with Crippen molar-refractivity contribution in [1.82, 2.24) is 10.6 Å². The Morgan fingerprint density at radius 2 is 1.82 bits per heavy atom. The molecule has 0 aromatic rings. The van der Waals surface area contributed by atoms with E-state index in [2.05, 4.69) is 10.3 Å². The smallest absolute Gasteiger partial charge is 0.322 e. The second-order valence-electron chi connectivity index (χ2n) is 4.41. The van der Waals surface area contributed by atoms with Crippen molar-refractivity contribution in [1.29, 1.82) is 0 Å². The van der Waals surface area contributed by atoms with Crippen LogP contribution in [0.4, 0.5) is 0 Å². The topological polar surface area (TPSA) is 206 Å². The molecular weight excluding hydrogens is 296 g/mol. The van der Waals surface area contributed by atoms with Crippen LogP contribution in [0, 0.1) is 0 Å². The van der Waals surface area contributed by atoms with Crippen molar-refractivity contribution in [2.45, 2.75) is 24.9 Å². The first-order valence-electron chi connectivity index (χ1n) is 6.49. The molecule has 0 bridgehead atoms. The van der Waals surface area contributed by atoms with Gasteiger partial charge in [0, 0.05) is 6.54 Å². The van der Waals surface area contributed by atoms with Crippen LogP contribution in [-0.2, 0) is 14.4 Å². The minimum absolute atomic E-state index is 0.0616. The molecule has 10 N–H and O–H groups in total. The minimum Gasteiger partial charge on any atom is -0.480 e. The molecule has 2 atom stereocenters. The number of nitrogens with zero attached hydrogens (tertiary/aromatic N) is 1. The van der Waals surface area contributed by atoms with Crippen LogP contribution in [0.1, 0.15) is 12.8 Å². The molecule has 2 amide bonds. The van der Waals surface area contributed by atoms with Gasteiger partial charge in [0.05, 0.1) is 12.6 Å². The van der Waals surface area contributed by atoms with Crippen LogP contribution in [0.15, 0.2) is 4.99 Å². The van der Waals surface area contributed by atoms with Crippen molar-refractivity contribution in [3.05, 3.63) is 0 Å². The maximum Gasteiger partial charge on any atom is 0.322 e. The van der Waals surface area contributed by atoms with Crippen molar-refractivity contribution in [2.75, 3.05) is 19.7 Å². The van der Waals surface area contributed by atoms with Gasteiger partial charge in [0.25, 0.3) is 0 Å². The summed E-state index contributed by atoms with van der Waals surface area (Å²) in [7, 11) is 0. The Labute approximate surface area is 126 Å². The molecule has 0 radical (unpaired) electrons. The van der Waals surface area contributed by atoms with E-state index in [9.17, 15) is 14.4 Å². The first-order chi connectivity index (χ1) is 10.3. The quantitative estimate of drug-likeness (QED) is 0.120. The Kier molecular flexibility index (Phi) is 9.22. The Balaban J connectivity index is 4.25. The number of carboxylic acid groups (broad SMARTS) is 1. The molecule has 0 heterocycles. The Morgan fingerprint density at radius 3 is 2.32 bits per heavy atom. The molecule has 2 unspecified atom stereocenters. The molecule has 0 aliphatic carbocycles. The summed E-state index contributed by atoms with van der Waals surface area (Å²) in [6, 6.07) is -2.17. The third kappa shape index (κ3) is 8.71. The molecule has 0 saturated heterocycles. The van der Waals surface area contributed by atoms with E-state index in [-0.39, 0.29) is 12.4 Å². The molecule has 22 heavy (non-hydrogen) atoms. The highest BCUT2D eigenvalue weighted by atomic mass is 16.4. The van der Waals surface area contributed by atoms with E-state index in [4.69, 9.17) is 27.4 Å². The van der Waals surface area contributed by atoms with Crippen molar-refractivity contribution >= 4 is 23.7 Å². The van der Waals surface area contributed by atoms with Gasteiger partial charge in [-0.25, -0.2) is 0 Å². The standard InChI is InChI=1S/C11H22N6O5/c12-6(2-1-3-15-11(13)14)9(21)17-7(5-18)10(22)16-4-8(19)20/h6-7,18H,1-5,12H2,(H,16,22)(H,17,21)(H,19,20)(H4,13,14,15). The summed E-state index contributed by atoms with van der Waals surface area (Å²) in [5.41, 5.74) is 15.9. The Hall–Kier alpha value is -2.40. The van der Waals surface area contributed by atoms with E-state index in [1.807, 2.05) is 5.32 Å². The second-order valence-corrected chi connectivity index (χ2v) is 4.41. The van der Waals surface area contributed by atoms with Crippen LogP contribution < -0.4 is 27.8 Å². The number of carboxylic acids is 1. The zero-order chi connectivity index (χ0) is 17.1. The van der Waals surface area contributed by atoms with Gasteiger partial charge in [-0.2, -0.15) is 0 Å². The number of aliphatic carboxylic acids is 1. The number of hydrogen-bond donors (Lipinski definition) is 7. The summed E-state index contributed by atoms with van der Waals surface area (Å²) >= 11 is 0. The lowest BCUT2D eigenvalue weighted by molar-refractivity contribution is -0.138. The molecular formula is C11H22N6O5. The van der Waals surface area contributed by atoms with Gasteiger partial charge >= 0.3 is 5.97 Å². The molecule has 0 aromatic carbocycles. The normalized spacial score (nSPS) is 12.8. The van der Waals surface area contributed by atoms with E-state index in [0.717, 1.165) is 0 Å². The van der Waals surface area contributed by atoms with Gasteiger partial charge in [-0.3, -0.25) is 19.4 Å². The van der Waals surface area contributed by atoms with E-state index in [1.54, 1.807) is 0 Å². The van der Waals surface area contributed by atoms with Crippen LogP contribution in [0.5, 0.6) is 0 Å². The number of nitrogens with two attached hydrogens (primary N) is 3. The van der Waals surface area contributed by atoms with E-state index < -0.39 is 43.0 Å². The van der Waals surface area contributed by atoms with Gasteiger partial charge in [0.1, 0.15) is 12.6 Å². The lowest BCUT2D eigenvalue weighted by Crippen LogP contribution is -2.53. The second kappa shape index (κ2) is 10.3. The van der Waals surface area contributed by atoms with Crippen LogP contribution in [0.2, 0.25) is 0 Å². The largest absolute Gasteiger partial charge is 0.480 e. The first-order valence-corrected chi connectivity index (χ1v) is 6.49. The number of carbonyl (C=O) groups is 3. The highest BCUT2D eigenvalue weighted by Crippen LogP contribution is 1.96. The molecule has 0 saturated carbocycles. The number of hydrogen-bond acceptors (Lipinski definition) is 6. The summed E-state index contributed by atoms with van der Waals surface area (Å²) in [6.07, 6.45) is 0.735. The monoisotopic (exact) mass is 318 g/mol. The van der Waals surface area contributed by atoms with Gasteiger partial charge < -0.3 is 38.0 Å². The van der Waals surface area contributed by atoms with Crippen LogP contribution in [-0.4, -0.2) is 65.7 Å². The molecule has 0 aliphatic heterocycles. The van der Waals surface area contributed by atoms with Crippen molar-refractivity contribution in [2.24, 2.45) is 22.2 Å². The number of amides is 2. The molecule has 0 spiro atoms. The zero-order valence-corrected chi connectivity index (χ0v) is 12.0. The van der Waals surface area contributed by atoms with Gasteiger partial charge in [-0.15, -0.1) is 0 Å². The fourth-order valence-corrected chi connectivity index (χ4v) is 1.41. The van der Waals surface area contributed by atoms with Gasteiger partial charge in [0.2, 0.25) is 11.8 Å². The van der Waals surface area contributed by atoms with Gasteiger partial charge in [-0.1, -0.05) is 0 Å². The Morgan fingerprint density at radius 1 is 1.18 bits per heavy atom. The number of guanidine groups is 1. The van der Waals surface area contributed by atoms with E-state index in [1.165, 1.54) is 0 Å². The van der Waals surface area contributed by atoms with Crippen molar-refractivity contribution < 1.29 is 24.6 Å². The fourth-order valence-electron chi connectivity index (χ4n) is 1.41. The number of carbonyl (C=O) groups excluding carboxylic acids is 2. The minimum atomic E-state index is -1.27. The predicted octanol–water partition coefficient (Wildman–Crippen LogP) is -3.95. The lowest BCUT2D eigenvalue weighted by atomic mass is 10.1. The molecule has 11 nitrogen and oxygen atoms in total. The molecule has 0 rings (SSSR count). The number of nitrogens with one attached hydrogen (secondary N) is 2. The highest BCUT2D eigenvalue weighted by Gasteiger charge is 2.23. The number of aliphatic hydroxyl groups is 1. The fraction of sp³-hybridized carbons (Fsp3) is 0.636. The summed E-state index contributed by atoms with van der Waals surface area (Å²) in [5, 5.41) is 21.8. The van der Waals surface area contributed by atoms with Gasteiger partial charge in [-0.05, 0) is 12.8 Å². The average Bonchev–Trinajstić information content (AvgIpc) is 2.45. The summed E-state index contributed by atoms with van der Waals surface area (Å²) in [4.78, 5) is 37.3. The highest BCUT2D eigenvalue weighted by molar-refractivity contribution is 5.91. The lowest BCUT2D eigenvalue weighted by Gasteiger charge is -2.18. The van der Waals surface area contributed by atoms with E-state index >= 15 is 0 Å². The predicted molar refractivity (Wildman–Crippen MR) is 77.5 cm³/mol. The Bertz CT molecular complexity index is 423. The zero-order valence-electron chi connectivity index (χ0n) is 12.0.